The van der Waals surface area contributed by atoms with Gasteiger partial charge in [0.05, 0.1) is 4.90 Å². The van der Waals surface area contributed by atoms with Gasteiger partial charge in [0.15, 0.2) is 0 Å². The molecule has 1 aromatic carbocycles. The first-order chi connectivity index (χ1) is 8.40. The van der Waals surface area contributed by atoms with E-state index in [-0.39, 0.29) is 16.8 Å². The Balaban J connectivity index is 3.06. The number of benzene rings is 1. The molecule has 0 radical (unpaired) electrons. The topological polar surface area (TPSA) is 75.3 Å². The Hall–Kier alpha value is -1.40. The van der Waals surface area contributed by atoms with Gasteiger partial charge >= 0.3 is 0 Å². The van der Waals surface area contributed by atoms with Gasteiger partial charge in [0, 0.05) is 18.7 Å². The zero-order valence-corrected chi connectivity index (χ0v) is 11.5. The molecule has 0 aromatic heterocycles. The lowest BCUT2D eigenvalue weighted by Crippen LogP contribution is -2.32. The van der Waals surface area contributed by atoms with Crippen LogP contribution in [0.3, 0.4) is 0 Å². The second kappa shape index (κ2) is 5.97. The molecule has 0 unspecified atom stereocenters. The van der Waals surface area contributed by atoms with Crippen molar-refractivity contribution in [2.75, 3.05) is 7.05 Å². The van der Waals surface area contributed by atoms with E-state index in [1.165, 1.54) is 19.2 Å². The van der Waals surface area contributed by atoms with Crippen molar-refractivity contribution in [3.8, 4) is 0 Å². The van der Waals surface area contributed by atoms with Crippen LogP contribution in [0.25, 0.3) is 0 Å². The Kier molecular flexibility index (Phi) is 4.86. The van der Waals surface area contributed by atoms with E-state index in [0.717, 1.165) is 0 Å². The van der Waals surface area contributed by atoms with Crippen molar-refractivity contribution in [3.63, 3.8) is 0 Å². The third-order valence-electron chi connectivity index (χ3n) is 2.60. The summed E-state index contributed by atoms with van der Waals surface area (Å²) in [6.45, 7) is 3.69. The van der Waals surface area contributed by atoms with Crippen LogP contribution in [0.2, 0.25) is 0 Å². The second-order valence-corrected chi connectivity index (χ2v) is 5.75. The molecule has 1 aromatic rings. The molecule has 2 N–H and O–H groups in total. The number of nitrogens with one attached hydrogen (secondary N) is 2. The Bertz CT molecular complexity index is 526. The molecule has 0 bridgehead atoms. The Morgan fingerprint density at radius 3 is 2.61 bits per heavy atom. The van der Waals surface area contributed by atoms with Crippen LogP contribution in [-0.2, 0) is 10.0 Å². The van der Waals surface area contributed by atoms with Crippen molar-refractivity contribution in [2.45, 2.75) is 31.2 Å². The maximum Gasteiger partial charge on any atom is 0.251 e. The van der Waals surface area contributed by atoms with Crippen LogP contribution in [0, 0.1) is 0 Å². The summed E-state index contributed by atoms with van der Waals surface area (Å²) in [5.74, 6) is -0.310. The molecule has 1 atom stereocenters. The van der Waals surface area contributed by atoms with Crippen molar-refractivity contribution in [2.24, 2.45) is 0 Å². The highest BCUT2D eigenvalue weighted by molar-refractivity contribution is 7.89. The van der Waals surface area contributed by atoms with Gasteiger partial charge in [0.1, 0.15) is 0 Å². The number of carbonyl (C=O) groups excluding carboxylic acids is 1. The zero-order chi connectivity index (χ0) is 13.8. The van der Waals surface area contributed by atoms with Crippen molar-refractivity contribution in [1.29, 1.82) is 0 Å². The van der Waals surface area contributed by atoms with Crippen molar-refractivity contribution < 1.29 is 13.2 Å². The van der Waals surface area contributed by atoms with Gasteiger partial charge in [-0.2, -0.15) is 0 Å². The number of sulfonamides is 1. The lowest BCUT2D eigenvalue weighted by atomic mass is 10.2. The summed E-state index contributed by atoms with van der Waals surface area (Å²) in [5.41, 5.74) is 0.324. The van der Waals surface area contributed by atoms with Gasteiger partial charge in [0.25, 0.3) is 5.91 Å². The first kappa shape index (κ1) is 14.7. The van der Waals surface area contributed by atoms with E-state index in [4.69, 9.17) is 0 Å². The molecule has 0 aliphatic rings. The van der Waals surface area contributed by atoms with Crippen molar-refractivity contribution in [1.82, 2.24) is 10.0 Å². The molecule has 1 rings (SSSR count). The van der Waals surface area contributed by atoms with Crippen LogP contribution >= 0.6 is 0 Å². The van der Waals surface area contributed by atoms with Crippen LogP contribution in [0.4, 0.5) is 0 Å². The molecule has 0 aliphatic heterocycles. The lowest BCUT2D eigenvalue weighted by molar-refractivity contribution is 0.0963. The third kappa shape index (κ3) is 3.54. The van der Waals surface area contributed by atoms with Gasteiger partial charge in [-0.05, 0) is 31.5 Å². The monoisotopic (exact) mass is 270 g/mol. The van der Waals surface area contributed by atoms with Gasteiger partial charge in [0.2, 0.25) is 10.0 Å². The summed E-state index contributed by atoms with van der Waals surface area (Å²) >= 11 is 0. The summed E-state index contributed by atoms with van der Waals surface area (Å²) in [7, 11) is -2.06. The predicted molar refractivity (Wildman–Crippen MR) is 69.9 cm³/mol. The number of rotatable bonds is 5. The van der Waals surface area contributed by atoms with Gasteiger partial charge in [-0.25, -0.2) is 13.1 Å². The highest BCUT2D eigenvalue weighted by Gasteiger charge is 2.17. The lowest BCUT2D eigenvalue weighted by Gasteiger charge is -2.12. The fourth-order valence-electron chi connectivity index (χ4n) is 1.37. The van der Waals surface area contributed by atoms with Crippen molar-refractivity contribution >= 4 is 15.9 Å². The molecular formula is C12H18N2O3S. The van der Waals surface area contributed by atoms with Gasteiger partial charge in [-0.15, -0.1) is 0 Å². The zero-order valence-electron chi connectivity index (χ0n) is 10.7. The maximum absolute atomic E-state index is 12.0. The molecule has 0 aliphatic carbocycles. The molecule has 0 saturated heterocycles. The quantitative estimate of drug-likeness (QED) is 0.842. The summed E-state index contributed by atoms with van der Waals surface area (Å²) in [6, 6.07) is 5.82. The molecular weight excluding hydrogens is 252 g/mol. The molecule has 18 heavy (non-hydrogen) atoms. The normalized spacial score (nSPS) is 13.1. The average Bonchev–Trinajstić information content (AvgIpc) is 2.37. The number of amides is 1. The summed E-state index contributed by atoms with van der Waals surface area (Å²) in [6.07, 6.45) is 0.703. The first-order valence-corrected chi connectivity index (χ1v) is 7.23. The van der Waals surface area contributed by atoms with Crippen LogP contribution in [0.15, 0.2) is 29.2 Å². The minimum Gasteiger partial charge on any atom is -0.355 e. The van der Waals surface area contributed by atoms with E-state index in [0.29, 0.717) is 12.0 Å². The first-order valence-electron chi connectivity index (χ1n) is 5.75. The smallest absolute Gasteiger partial charge is 0.251 e. The molecule has 0 heterocycles. The molecule has 6 heteroatoms. The Labute approximate surface area is 108 Å². The van der Waals surface area contributed by atoms with Crippen molar-refractivity contribution in [3.05, 3.63) is 29.8 Å². The largest absolute Gasteiger partial charge is 0.355 e. The molecule has 5 nitrogen and oxygen atoms in total. The van der Waals surface area contributed by atoms with Crippen LogP contribution in [0.5, 0.6) is 0 Å². The van der Waals surface area contributed by atoms with Crippen LogP contribution < -0.4 is 10.0 Å². The van der Waals surface area contributed by atoms with E-state index >= 15 is 0 Å². The molecule has 1 amide bonds. The fourth-order valence-corrected chi connectivity index (χ4v) is 2.74. The number of hydrogen-bond acceptors (Lipinski definition) is 3. The standard InChI is InChI=1S/C12H18N2O3S/c1-4-9(2)14-18(16,17)11-7-5-6-10(8-11)12(15)13-3/h5-9,14H,4H2,1-3H3,(H,13,15)/t9-/m0/s1. The molecule has 100 valence electrons. The predicted octanol–water partition coefficient (Wildman–Crippen LogP) is 1.12. The molecule has 0 fully saturated rings. The van der Waals surface area contributed by atoms with Gasteiger partial charge in [-0.3, -0.25) is 4.79 Å². The van der Waals surface area contributed by atoms with E-state index in [1.54, 1.807) is 19.1 Å². The minimum atomic E-state index is -3.57. The van der Waals surface area contributed by atoms with E-state index in [1.807, 2.05) is 6.92 Å². The summed E-state index contributed by atoms with van der Waals surface area (Å²) in [5, 5.41) is 2.46. The highest BCUT2D eigenvalue weighted by atomic mass is 32.2. The molecule has 0 spiro atoms. The fraction of sp³-hybridized carbons (Fsp3) is 0.417. The van der Waals surface area contributed by atoms with E-state index in [9.17, 15) is 13.2 Å². The van der Waals surface area contributed by atoms with Gasteiger partial charge in [-0.1, -0.05) is 13.0 Å². The number of hydrogen-bond donors (Lipinski definition) is 2. The van der Waals surface area contributed by atoms with E-state index < -0.39 is 10.0 Å². The van der Waals surface area contributed by atoms with Crippen LogP contribution in [-0.4, -0.2) is 27.4 Å². The SMILES string of the molecule is CC[C@H](C)NS(=O)(=O)c1cccc(C(=O)NC)c1. The average molecular weight is 270 g/mol. The second-order valence-electron chi connectivity index (χ2n) is 4.04. The number of carbonyl (C=O) groups is 1. The highest BCUT2D eigenvalue weighted by Crippen LogP contribution is 2.12. The minimum absolute atomic E-state index is 0.101. The Morgan fingerprint density at radius 2 is 2.06 bits per heavy atom. The summed E-state index contributed by atoms with van der Waals surface area (Å²) in [4.78, 5) is 11.5. The molecule has 0 saturated carbocycles. The third-order valence-corrected chi connectivity index (χ3v) is 4.19. The Morgan fingerprint density at radius 1 is 1.39 bits per heavy atom. The van der Waals surface area contributed by atoms with Crippen LogP contribution in [0.1, 0.15) is 30.6 Å². The van der Waals surface area contributed by atoms with E-state index in [2.05, 4.69) is 10.0 Å². The summed E-state index contributed by atoms with van der Waals surface area (Å²) < 4.78 is 26.6. The maximum atomic E-state index is 12.0. The van der Waals surface area contributed by atoms with Gasteiger partial charge < -0.3 is 5.32 Å².